The van der Waals surface area contributed by atoms with Gasteiger partial charge in [-0.15, -0.1) is 0 Å². The van der Waals surface area contributed by atoms with E-state index in [-0.39, 0.29) is 25.2 Å². The Morgan fingerprint density at radius 1 is 0.324 bits per heavy atom. The van der Waals surface area contributed by atoms with E-state index >= 15 is 0 Å². The first-order valence-electron chi connectivity index (χ1n) is 31.8. The number of carbonyl (C=O) groups is 2. The molecule has 5 heteroatoms. The van der Waals surface area contributed by atoms with Crippen LogP contribution in [0.5, 0.6) is 0 Å². The van der Waals surface area contributed by atoms with E-state index in [1.165, 1.54) is 199 Å². The number of unbranched alkanes of at least 4 members (excludes halogenated alkanes) is 34. The quantitative estimate of drug-likeness (QED) is 0.0373. The van der Waals surface area contributed by atoms with Crippen LogP contribution in [-0.4, -0.2) is 36.4 Å². The highest BCUT2D eigenvalue weighted by atomic mass is 16.6. The summed E-state index contributed by atoms with van der Waals surface area (Å²) in [7, 11) is 0. The Morgan fingerprint density at radius 2 is 0.581 bits per heavy atom. The Balaban J connectivity index is 3.48. The van der Waals surface area contributed by atoms with Gasteiger partial charge in [-0.05, 0) is 96.3 Å². The second-order valence-electron chi connectivity index (χ2n) is 21.1. The summed E-state index contributed by atoms with van der Waals surface area (Å²) in [6.07, 6.45) is 91.2. The van der Waals surface area contributed by atoms with Gasteiger partial charge in [-0.1, -0.05) is 297 Å². The van der Waals surface area contributed by atoms with E-state index in [4.69, 9.17) is 9.47 Å². The van der Waals surface area contributed by atoms with Crippen LogP contribution in [0.25, 0.3) is 0 Å². The SMILES string of the molecule is CC/C=C\C/C=C\C/C=C\C/C=C\C/C=C\C/C=C\CCCCCCCCCCCCCCCCC(=O)OC(CO)COC(=O)CCCCCCCCCCCCCCCCC/C=C\C/C=C\CCCCCCC. The molecular weight excluding hydrogens is 909 g/mol. The second kappa shape index (κ2) is 64.1. The standard InChI is InChI=1S/C69H120O5/c1-3-5-7-9-11-13-15-17-19-21-23-25-27-29-31-32-33-34-35-36-38-40-42-44-46-48-50-52-54-56-58-60-62-64-69(72)74-67(65-70)66-73-68(71)63-61-59-57-55-53-51-49-47-45-43-41-39-37-30-28-26-24-22-20-18-16-14-12-10-8-6-4-2/h5,7,11,13,16-19,22-25,29,31,33-34,67,70H,3-4,6,8-10,12,14-15,20-21,26-28,30,32,35-66H2,1-2H3/b7-5-,13-11-,18-16-,19-17-,24-22-,25-23-,31-29-,34-33-. The van der Waals surface area contributed by atoms with Crippen molar-refractivity contribution in [1.29, 1.82) is 0 Å². The van der Waals surface area contributed by atoms with Gasteiger partial charge >= 0.3 is 11.9 Å². The summed E-state index contributed by atoms with van der Waals surface area (Å²) in [6.45, 7) is 4.04. The Labute approximate surface area is 459 Å². The number of carbonyl (C=O) groups excluding carboxylic acids is 2. The largest absolute Gasteiger partial charge is 0.462 e. The number of allylic oxidation sites excluding steroid dienone is 16. The van der Waals surface area contributed by atoms with Crippen LogP contribution in [0.1, 0.15) is 309 Å². The summed E-state index contributed by atoms with van der Waals surface area (Å²) in [6, 6.07) is 0. The van der Waals surface area contributed by atoms with Crippen LogP contribution in [0.15, 0.2) is 97.2 Å². The van der Waals surface area contributed by atoms with Gasteiger partial charge in [-0.2, -0.15) is 0 Å². The minimum Gasteiger partial charge on any atom is -0.462 e. The van der Waals surface area contributed by atoms with Crippen molar-refractivity contribution >= 4 is 11.9 Å². The van der Waals surface area contributed by atoms with Crippen molar-refractivity contribution in [3.05, 3.63) is 97.2 Å². The highest BCUT2D eigenvalue weighted by Crippen LogP contribution is 2.17. The van der Waals surface area contributed by atoms with Gasteiger partial charge in [0.15, 0.2) is 6.10 Å². The molecule has 0 saturated heterocycles. The molecule has 74 heavy (non-hydrogen) atoms. The minimum atomic E-state index is -0.777. The first kappa shape index (κ1) is 70.8. The van der Waals surface area contributed by atoms with Crippen LogP contribution >= 0.6 is 0 Å². The Bertz CT molecular complexity index is 1400. The monoisotopic (exact) mass is 1030 g/mol. The first-order valence-corrected chi connectivity index (χ1v) is 31.8. The Morgan fingerprint density at radius 3 is 0.878 bits per heavy atom. The maximum absolute atomic E-state index is 12.3. The number of hydrogen-bond donors (Lipinski definition) is 1. The molecule has 0 radical (unpaired) electrons. The fourth-order valence-electron chi connectivity index (χ4n) is 9.12. The number of hydrogen-bond acceptors (Lipinski definition) is 5. The van der Waals surface area contributed by atoms with Crippen LogP contribution < -0.4 is 0 Å². The predicted octanol–water partition coefficient (Wildman–Crippen LogP) is 21.9. The third-order valence-electron chi connectivity index (χ3n) is 13.9. The van der Waals surface area contributed by atoms with Crippen molar-refractivity contribution in [1.82, 2.24) is 0 Å². The lowest BCUT2D eigenvalue weighted by molar-refractivity contribution is -0.161. The lowest BCUT2D eigenvalue weighted by Gasteiger charge is -2.15. The molecule has 0 saturated carbocycles. The molecule has 0 spiro atoms. The number of esters is 2. The molecule has 0 aromatic heterocycles. The Hall–Kier alpha value is -3.18. The molecule has 0 aromatic rings. The molecule has 426 valence electrons. The van der Waals surface area contributed by atoms with Gasteiger partial charge in [0.25, 0.3) is 0 Å². The van der Waals surface area contributed by atoms with Crippen LogP contribution in [0.2, 0.25) is 0 Å². The number of aliphatic hydroxyl groups is 1. The maximum Gasteiger partial charge on any atom is 0.306 e. The van der Waals surface area contributed by atoms with Gasteiger partial charge < -0.3 is 14.6 Å². The van der Waals surface area contributed by atoms with Gasteiger partial charge in [0, 0.05) is 12.8 Å². The maximum atomic E-state index is 12.3. The van der Waals surface area contributed by atoms with E-state index in [9.17, 15) is 14.7 Å². The Kier molecular flexibility index (Phi) is 61.4. The summed E-state index contributed by atoms with van der Waals surface area (Å²) < 4.78 is 10.7. The van der Waals surface area contributed by atoms with Crippen molar-refractivity contribution in [3.8, 4) is 0 Å². The molecule has 0 aromatic carbocycles. The molecule has 1 atom stereocenters. The van der Waals surface area contributed by atoms with Crippen molar-refractivity contribution in [3.63, 3.8) is 0 Å². The summed E-state index contributed by atoms with van der Waals surface area (Å²) in [5.41, 5.74) is 0. The van der Waals surface area contributed by atoms with E-state index in [0.29, 0.717) is 12.8 Å². The topological polar surface area (TPSA) is 72.8 Å². The molecule has 0 heterocycles. The summed E-state index contributed by atoms with van der Waals surface area (Å²) >= 11 is 0. The predicted molar refractivity (Wildman–Crippen MR) is 325 cm³/mol. The van der Waals surface area contributed by atoms with Crippen molar-refractivity contribution in [2.24, 2.45) is 0 Å². The molecular formula is C69H120O5. The number of ether oxygens (including phenoxy) is 2. The van der Waals surface area contributed by atoms with Crippen LogP contribution in [0.3, 0.4) is 0 Å². The third-order valence-corrected chi connectivity index (χ3v) is 13.9. The zero-order chi connectivity index (χ0) is 53.4. The van der Waals surface area contributed by atoms with Crippen molar-refractivity contribution in [2.75, 3.05) is 13.2 Å². The van der Waals surface area contributed by atoms with E-state index in [1.807, 2.05) is 0 Å². The molecule has 0 fully saturated rings. The van der Waals surface area contributed by atoms with Crippen LogP contribution in [0.4, 0.5) is 0 Å². The van der Waals surface area contributed by atoms with Crippen LogP contribution in [-0.2, 0) is 19.1 Å². The molecule has 0 bridgehead atoms. The molecule has 1 unspecified atom stereocenters. The minimum absolute atomic E-state index is 0.0670. The summed E-state index contributed by atoms with van der Waals surface area (Å²) in [5.74, 6) is -0.583. The van der Waals surface area contributed by atoms with Crippen LogP contribution in [0, 0.1) is 0 Å². The molecule has 0 aliphatic heterocycles. The molecule has 1 N–H and O–H groups in total. The first-order chi connectivity index (χ1) is 36.6. The lowest BCUT2D eigenvalue weighted by atomic mass is 10.0. The van der Waals surface area contributed by atoms with Gasteiger partial charge in [0.2, 0.25) is 0 Å². The zero-order valence-corrected chi connectivity index (χ0v) is 48.8. The van der Waals surface area contributed by atoms with E-state index < -0.39 is 6.10 Å². The zero-order valence-electron chi connectivity index (χ0n) is 48.8. The van der Waals surface area contributed by atoms with Gasteiger partial charge in [0.1, 0.15) is 6.61 Å². The second-order valence-corrected chi connectivity index (χ2v) is 21.1. The van der Waals surface area contributed by atoms with Crippen molar-refractivity contribution in [2.45, 2.75) is 315 Å². The lowest BCUT2D eigenvalue weighted by Crippen LogP contribution is -2.28. The number of rotatable bonds is 58. The van der Waals surface area contributed by atoms with E-state index in [1.54, 1.807) is 0 Å². The normalized spacial score (nSPS) is 12.9. The summed E-state index contributed by atoms with van der Waals surface area (Å²) in [4.78, 5) is 24.6. The molecule has 5 nitrogen and oxygen atoms in total. The molecule has 0 aliphatic carbocycles. The molecule has 0 amide bonds. The molecule has 0 aliphatic rings. The fraction of sp³-hybridized carbons (Fsp3) is 0.739. The fourth-order valence-corrected chi connectivity index (χ4v) is 9.12. The van der Waals surface area contributed by atoms with Gasteiger partial charge in [-0.25, -0.2) is 0 Å². The smallest absolute Gasteiger partial charge is 0.306 e. The van der Waals surface area contributed by atoms with E-state index in [0.717, 1.165) is 83.5 Å². The average molecular weight is 1030 g/mol. The highest BCUT2D eigenvalue weighted by Gasteiger charge is 2.16. The highest BCUT2D eigenvalue weighted by molar-refractivity contribution is 5.70. The molecule has 0 rings (SSSR count). The third kappa shape index (κ3) is 61.4. The summed E-state index contributed by atoms with van der Waals surface area (Å²) in [5, 5.41) is 9.68. The average Bonchev–Trinajstić information content (AvgIpc) is 3.40. The number of aliphatic hydroxyl groups excluding tert-OH is 1. The van der Waals surface area contributed by atoms with Crippen molar-refractivity contribution < 1.29 is 24.2 Å². The van der Waals surface area contributed by atoms with Gasteiger partial charge in [-0.3, -0.25) is 9.59 Å². The van der Waals surface area contributed by atoms with E-state index in [2.05, 4.69) is 111 Å². The van der Waals surface area contributed by atoms with Gasteiger partial charge in [0.05, 0.1) is 6.61 Å².